The first-order valence-electron chi connectivity index (χ1n) is 6.32. The Kier molecular flexibility index (Phi) is 7.30. The maximum absolute atomic E-state index is 11.8. The number of aromatic nitrogens is 2. The molecule has 2 heterocycles. The number of nitrogens with zero attached hydrogens (tertiary/aromatic N) is 1. The smallest absolute Gasteiger partial charge is 0.469 e. The molecule has 1 fully saturated rings. The van der Waals surface area contributed by atoms with E-state index in [1.54, 1.807) is 4.98 Å². The molecule has 1 aromatic heterocycles. The Morgan fingerprint density at radius 1 is 1.32 bits per heavy atom. The minimum atomic E-state index is -4.88. The summed E-state index contributed by atoms with van der Waals surface area (Å²) in [6.45, 7) is -0.834. The standard InChI is InChI=1S/C10H13N2O11P.Na/c13-5-1-3(9(16)17)12(10(18)11-5)8-7(15)6(14)4(23-8)2-22-24(19,20)21;/h1,4,6-8,14-15H,2H2,(H,16,17)(H,11,13,18)(H2,19,20,21);. The van der Waals surface area contributed by atoms with Crippen LogP contribution in [-0.2, 0) is 13.8 Å². The maximum atomic E-state index is 11.8. The van der Waals surface area contributed by atoms with Crippen LogP contribution in [0.1, 0.15) is 16.7 Å². The predicted octanol–water partition coefficient (Wildman–Crippen LogP) is -3.42. The van der Waals surface area contributed by atoms with Gasteiger partial charge in [-0.05, 0) is 0 Å². The van der Waals surface area contributed by atoms with E-state index in [1.165, 1.54) is 0 Å². The van der Waals surface area contributed by atoms with Gasteiger partial charge in [-0.3, -0.25) is 18.9 Å². The number of hydrogen-bond acceptors (Lipinski definition) is 8. The molecule has 0 aromatic carbocycles. The number of aliphatic hydroxyl groups is 2. The average molecular weight is 391 g/mol. The number of phosphoric acid groups is 1. The van der Waals surface area contributed by atoms with Gasteiger partial charge in [-0.25, -0.2) is 14.2 Å². The van der Waals surface area contributed by atoms with Crippen molar-refractivity contribution in [1.29, 1.82) is 0 Å². The summed E-state index contributed by atoms with van der Waals surface area (Å²) in [5.74, 6) is -1.67. The molecule has 1 saturated heterocycles. The quantitative estimate of drug-likeness (QED) is 0.215. The molecule has 2 rings (SSSR count). The monoisotopic (exact) mass is 391 g/mol. The second-order valence-electron chi connectivity index (χ2n) is 4.83. The minimum Gasteiger partial charge on any atom is -0.477 e. The molecule has 1 radical (unpaired) electrons. The molecule has 0 amide bonds. The summed E-state index contributed by atoms with van der Waals surface area (Å²) in [5.41, 5.74) is -3.02. The molecule has 6 N–H and O–H groups in total. The van der Waals surface area contributed by atoms with Crippen molar-refractivity contribution in [2.45, 2.75) is 24.5 Å². The van der Waals surface area contributed by atoms with Crippen molar-refractivity contribution >= 4 is 43.3 Å². The van der Waals surface area contributed by atoms with Gasteiger partial charge in [-0.1, -0.05) is 0 Å². The van der Waals surface area contributed by atoms with Crippen molar-refractivity contribution in [3.05, 3.63) is 32.6 Å². The van der Waals surface area contributed by atoms with Gasteiger partial charge >= 0.3 is 19.5 Å². The van der Waals surface area contributed by atoms with Crippen LogP contribution >= 0.6 is 7.82 Å². The molecule has 25 heavy (non-hydrogen) atoms. The largest absolute Gasteiger partial charge is 0.477 e. The van der Waals surface area contributed by atoms with E-state index < -0.39 is 61.9 Å². The molecule has 4 unspecified atom stereocenters. The Morgan fingerprint density at radius 2 is 1.92 bits per heavy atom. The van der Waals surface area contributed by atoms with Gasteiger partial charge in [0, 0.05) is 35.6 Å². The number of nitrogens with one attached hydrogen (secondary N) is 1. The second kappa shape index (κ2) is 8.22. The zero-order valence-electron chi connectivity index (χ0n) is 12.7. The summed E-state index contributed by atoms with van der Waals surface area (Å²) in [5, 5.41) is 28.8. The summed E-state index contributed by atoms with van der Waals surface area (Å²) in [6.07, 6.45) is -6.74. The van der Waals surface area contributed by atoms with E-state index in [-0.39, 0.29) is 29.6 Å². The number of rotatable bonds is 5. The third-order valence-corrected chi connectivity index (χ3v) is 3.68. The van der Waals surface area contributed by atoms with Gasteiger partial charge in [0.2, 0.25) is 0 Å². The molecule has 1 aliphatic rings. The van der Waals surface area contributed by atoms with Gasteiger partial charge in [0.05, 0.1) is 6.61 Å². The predicted molar refractivity (Wildman–Crippen MR) is 78.0 cm³/mol. The number of phosphoric ester groups is 1. The van der Waals surface area contributed by atoms with E-state index in [1.807, 2.05) is 0 Å². The number of hydrogen-bond donors (Lipinski definition) is 6. The van der Waals surface area contributed by atoms with Crippen LogP contribution in [0.15, 0.2) is 15.7 Å². The molecule has 0 saturated carbocycles. The fraction of sp³-hybridized carbons (Fsp3) is 0.500. The SMILES string of the molecule is O=C(O)c1cc(=O)[nH]c(=O)n1C1OC(COP(=O)(O)O)C(O)C1O.[Na]. The van der Waals surface area contributed by atoms with Gasteiger partial charge in [-0.2, -0.15) is 0 Å². The van der Waals surface area contributed by atoms with E-state index in [9.17, 15) is 29.2 Å². The van der Waals surface area contributed by atoms with Crippen LogP contribution < -0.4 is 11.2 Å². The molecule has 0 bridgehead atoms. The Balaban J connectivity index is 0.00000312. The summed E-state index contributed by atoms with van der Waals surface area (Å²) < 4.78 is 20.3. The average Bonchev–Trinajstić information content (AvgIpc) is 2.71. The van der Waals surface area contributed by atoms with Crippen LogP contribution in [0, 0.1) is 0 Å². The molecule has 1 aliphatic heterocycles. The molecule has 0 aliphatic carbocycles. The van der Waals surface area contributed by atoms with Crippen molar-refractivity contribution in [3.8, 4) is 0 Å². The summed E-state index contributed by atoms with van der Waals surface area (Å²) in [7, 11) is -4.88. The topological polar surface area (TPSA) is 209 Å². The third-order valence-electron chi connectivity index (χ3n) is 3.19. The van der Waals surface area contributed by atoms with Crippen LogP contribution in [0.2, 0.25) is 0 Å². The van der Waals surface area contributed by atoms with E-state index in [0.29, 0.717) is 10.6 Å². The van der Waals surface area contributed by atoms with Crippen molar-refractivity contribution in [1.82, 2.24) is 9.55 Å². The Bertz CT molecular complexity index is 801. The molecule has 1 aromatic rings. The summed E-state index contributed by atoms with van der Waals surface area (Å²) in [4.78, 5) is 53.2. The number of aliphatic hydroxyl groups excluding tert-OH is 2. The first-order valence-corrected chi connectivity index (χ1v) is 7.85. The van der Waals surface area contributed by atoms with E-state index in [0.717, 1.165) is 0 Å². The Hall–Kier alpha value is -0.860. The van der Waals surface area contributed by atoms with Crippen molar-refractivity contribution in [2.75, 3.05) is 6.61 Å². The normalized spacial score (nSPS) is 26.2. The molecule has 0 spiro atoms. The van der Waals surface area contributed by atoms with E-state index in [4.69, 9.17) is 19.6 Å². The molecule has 15 heteroatoms. The third kappa shape index (κ3) is 5.08. The van der Waals surface area contributed by atoms with E-state index in [2.05, 4.69) is 4.52 Å². The number of aromatic amines is 1. The number of ether oxygens (including phenoxy) is 1. The van der Waals surface area contributed by atoms with Gasteiger partial charge in [0.15, 0.2) is 6.23 Å². The Morgan fingerprint density at radius 3 is 2.44 bits per heavy atom. The van der Waals surface area contributed by atoms with Crippen molar-refractivity contribution in [3.63, 3.8) is 0 Å². The van der Waals surface area contributed by atoms with E-state index >= 15 is 0 Å². The molecule has 13 nitrogen and oxygen atoms in total. The zero-order valence-corrected chi connectivity index (χ0v) is 15.6. The fourth-order valence-electron chi connectivity index (χ4n) is 2.17. The first kappa shape index (κ1) is 22.2. The van der Waals surface area contributed by atoms with Gasteiger partial charge in [0.1, 0.15) is 24.0 Å². The van der Waals surface area contributed by atoms with Crippen molar-refractivity contribution in [2.24, 2.45) is 0 Å². The van der Waals surface area contributed by atoms with Gasteiger partial charge in [-0.15, -0.1) is 0 Å². The molecular formula is C10H13N2NaO11P. The van der Waals surface area contributed by atoms with Crippen LogP contribution in [0.5, 0.6) is 0 Å². The van der Waals surface area contributed by atoms with Gasteiger partial charge in [0.25, 0.3) is 5.56 Å². The second-order valence-corrected chi connectivity index (χ2v) is 6.07. The molecular weight excluding hydrogens is 378 g/mol. The summed E-state index contributed by atoms with van der Waals surface area (Å²) in [6, 6.07) is 0.575. The number of carboxylic acid groups (broad SMARTS) is 1. The molecule has 135 valence electrons. The molecule has 4 atom stereocenters. The minimum absolute atomic E-state index is 0. The van der Waals surface area contributed by atoms with Crippen LogP contribution in [-0.4, -0.2) is 95.1 Å². The first-order chi connectivity index (χ1) is 11.0. The maximum Gasteiger partial charge on any atom is 0.469 e. The fourth-order valence-corrected chi connectivity index (χ4v) is 2.51. The zero-order chi connectivity index (χ0) is 18.2. The van der Waals surface area contributed by atoms with Crippen LogP contribution in [0.4, 0.5) is 0 Å². The van der Waals surface area contributed by atoms with Crippen LogP contribution in [0.25, 0.3) is 0 Å². The number of H-pyrrole nitrogens is 1. The summed E-state index contributed by atoms with van der Waals surface area (Å²) >= 11 is 0. The number of carbonyl (C=O) groups is 1. The number of carboxylic acids is 1. The number of aromatic carboxylic acids is 1. The van der Waals surface area contributed by atoms with Crippen LogP contribution in [0.3, 0.4) is 0 Å². The Labute approximate surface area is 160 Å². The van der Waals surface area contributed by atoms with Gasteiger partial charge < -0.3 is 29.8 Å². The van der Waals surface area contributed by atoms with Crippen molar-refractivity contribution < 1.29 is 43.7 Å².